The lowest BCUT2D eigenvalue weighted by Crippen LogP contribution is -2.48. The average molecular weight is 318 g/mol. The number of benzene rings is 1. The van der Waals surface area contributed by atoms with Gasteiger partial charge in [0, 0.05) is 4.90 Å². The molecule has 2 rings (SSSR count). The van der Waals surface area contributed by atoms with E-state index in [4.69, 9.17) is 0 Å². The summed E-state index contributed by atoms with van der Waals surface area (Å²) in [6, 6.07) is 6.55. The topological polar surface area (TPSA) is 41.1 Å². The number of thioether (sulfide) groups is 1. The van der Waals surface area contributed by atoms with E-state index in [1.165, 1.54) is 0 Å². The minimum atomic E-state index is -4.24. The molecule has 1 amide bonds. The van der Waals surface area contributed by atoms with Gasteiger partial charge in [-0.05, 0) is 38.4 Å². The monoisotopic (exact) mass is 318 g/mol. The van der Waals surface area contributed by atoms with E-state index in [1.54, 1.807) is 31.2 Å². The largest absolute Gasteiger partial charge is 0.398 e. The molecule has 2 N–H and O–H groups in total. The third kappa shape index (κ3) is 4.38. The zero-order chi connectivity index (χ0) is 15.5. The Morgan fingerprint density at radius 2 is 2.14 bits per heavy atom. The Balaban J connectivity index is 2.07. The number of hydrogen-bond donors (Lipinski definition) is 2. The summed E-state index contributed by atoms with van der Waals surface area (Å²) >= 11 is 0.677. The molecule has 3 nitrogen and oxygen atoms in total. The van der Waals surface area contributed by atoms with Crippen molar-refractivity contribution in [1.82, 2.24) is 5.32 Å². The zero-order valence-electron chi connectivity index (χ0n) is 11.6. The van der Waals surface area contributed by atoms with Crippen LogP contribution in [-0.2, 0) is 4.79 Å². The first kappa shape index (κ1) is 16.2. The Labute approximate surface area is 125 Å². The van der Waals surface area contributed by atoms with Gasteiger partial charge in [-0.2, -0.15) is 13.2 Å². The lowest BCUT2D eigenvalue weighted by Gasteiger charge is -2.23. The van der Waals surface area contributed by atoms with E-state index in [0.29, 0.717) is 22.3 Å². The summed E-state index contributed by atoms with van der Waals surface area (Å²) in [5.41, 5.74) is -0.228. The fourth-order valence-electron chi connectivity index (χ4n) is 2.20. The van der Waals surface area contributed by atoms with Crippen molar-refractivity contribution in [2.24, 2.45) is 0 Å². The Morgan fingerprint density at radius 1 is 1.43 bits per heavy atom. The Morgan fingerprint density at radius 3 is 2.76 bits per heavy atom. The van der Waals surface area contributed by atoms with Crippen LogP contribution in [0.1, 0.15) is 19.8 Å². The van der Waals surface area contributed by atoms with Crippen molar-refractivity contribution in [2.75, 3.05) is 17.6 Å². The van der Waals surface area contributed by atoms with E-state index < -0.39 is 17.5 Å². The molecule has 0 bridgehead atoms. The van der Waals surface area contributed by atoms with Crippen molar-refractivity contribution in [2.45, 2.75) is 36.4 Å². The molecule has 1 saturated heterocycles. The van der Waals surface area contributed by atoms with Gasteiger partial charge < -0.3 is 10.6 Å². The summed E-state index contributed by atoms with van der Waals surface area (Å²) in [5.74, 6) is -1.19. The lowest BCUT2D eigenvalue weighted by molar-refractivity contribution is -0.121. The molecule has 1 atom stereocenters. The third-order valence-corrected chi connectivity index (χ3v) is 4.54. The van der Waals surface area contributed by atoms with Gasteiger partial charge in [-0.15, -0.1) is 11.8 Å². The molecule has 1 aliphatic heterocycles. The number of carbonyl (C=O) groups is 1. The maximum Gasteiger partial charge on any atom is 0.398 e. The van der Waals surface area contributed by atoms with Gasteiger partial charge in [0.2, 0.25) is 5.91 Å². The number of halogens is 3. The molecule has 0 aromatic heterocycles. The minimum absolute atomic E-state index is 0.208. The van der Waals surface area contributed by atoms with Crippen LogP contribution in [0.15, 0.2) is 29.2 Å². The summed E-state index contributed by atoms with van der Waals surface area (Å²) in [6.07, 6.45) is -2.61. The summed E-state index contributed by atoms with van der Waals surface area (Å²) in [5, 5.41) is 5.87. The Hall–Kier alpha value is -1.21. The highest BCUT2D eigenvalue weighted by atomic mass is 32.2. The average Bonchev–Trinajstić information content (AvgIpc) is 2.85. The van der Waals surface area contributed by atoms with Gasteiger partial charge in [0.1, 0.15) is 0 Å². The van der Waals surface area contributed by atoms with E-state index >= 15 is 0 Å². The Kier molecular flexibility index (Phi) is 4.83. The van der Waals surface area contributed by atoms with Crippen molar-refractivity contribution in [3.05, 3.63) is 24.3 Å². The smallest absolute Gasteiger partial charge is 0.323 e. The molecule has 21 heavy (non-hydrogen) atoms. The van der Waals surface area contributed by atoms with Gasteiger partial charge in [-0.1, -0.05) is 12.1 Å². The van der Waals surface area contributed by atoms with Crippen LogP contribution < -0.4 is 10.6 Å². The summed E-state index contributed by atoms with van der Waals surface area (Å²) < 4.78 is 37.0. The first-order chi connectivity index (χ1) is 9.80. The van der Waals surface area contributed by atoms with Gasteiger partial charge >= 0.3 is 6.18 Å². The van der Waals surface area contributed by atoms with Crippen molar-refractivity contribution >= 4 is 23.4 Å². The maximum atomic E-state index is 12.3. The number of anilines is 1. The summed E-state index contributed by atoms with van der Waals surface area (Å²) in [7, 11) is 0. The molecule has 0 radical (unpaired) electrons. The number of nitrogens with one attached hydrogen (secondary N) is 2. The highest BCUT2D eigenvalue weighted by Gasteiger charge is 2.36. The van der Waals surface area contributed by atoms with Crippen molar-refractivity contribution < 1.29 is 18.0 Å². The second kappa shape index (κ2) is 6.27. The van der Waals surface area contributed by atoms with Crippen LogP contribution in [0.2, 0.25) is 0 Å². The van der Waals surface area contributed by atoms with E-state index in [2.05, 4.69) is 10.6 Å². The van der Waals surface area contributed by atoms with Gasteiger partial charge in [0.25, 0.3) is 0 Å². The molecule has 1 aromatic carbocycles. The first-order valence-corrected chi connectivity index (χ1v) is 7.64. The second-order valence-corrected chi connectivity index (χ2v) is 6.23. The molecule has 116 valence electrons. The van der Waals surface area contributed by atoms with Crippen LogP contribution in [-0.4, -0.2) is 29.9 Å². The molecule has 0 aliphatic carbocycles. The van der Waals surface area contributed by atoms with Crippen LogP contribution >= 0.6 is 11.8 Å². The predicted octanol–water partition coefficient (Wildman–Crippen LogP) is 3.42. The number of rotatable bonds is 4. The molecule has 1 fully saturated rings. The normalized spacial score (nSPS) is 22.3. The van der Waals surface area contributed by atoms with Crippen LogP contribution in [0.25, 0.3) is 0 Å². The van der Waals surface area contributed by atoms with Gasteiger partial charge in [0.05, 0.1) is 17.0 Å². The molecular weight excluding hydrogens is 301 g/mol. The number of hydrogen-bond acceptors (Lipinski definition) is 3. The molecule has 1 aliphatic rings. The van der Waals surface area contributed by atoms with Crippen LogP contribution in [0.4, 0.5) is 18.9 Å². The molecule has 1 unspecified atom stereocenters. The molecule has 0 spiro atoms. The van der Waals surface area contributed by atoms with Crippen molar-refractivity contribution in [1.29, 1.82) is 0 Å². The standard InChI is InChI=1S/C14H17F3N2OS/c1-13(7-4-8-18-13)12(20)19-10-5-2-3-6-11(10)21-9-14(15,16)17/h2-3,5-6,18H,4,7-9H2,1H3,(H,19,20). The summed E-state index contributed by atoms with van der Waals surface area (Å²) in [4.78, 5) is 12.7. The molecule has 1 heterocycles. The quantitative estimate of drug-likeness (QED) is 0.836. The first-order valence-electron chi connectivity index (χ1n) is 6.65. The minimum Gasteiger partial charge on any atom is -0.323 e. The summed E-state index contributed by atoms with van der Waals surface area (Å²) in [6.45, 7) is 2.58. The van der Waals surface area contributed by atoms with Gasteiger partial charge in [0.15, 0.2) is 0 Å². The van der Waals surface area contributed by atoms with E-state index in [1.807, 2.05) is 0 Å². The second-order valence-electron chi connectivity index (χ2n) is 5.22. The van der Waals surface area contributed by atoms with Gasteiger partial charge in [-0.3, -0.25) is 4.79 Å². The Bertz CT molecular complexity index is 513. The molecular formula is C14H17F3N2OS. The fraction of sp³-hybridized carbons (Fsp3) is 0.500. The number of alkyl halides is 3. The number of para-hydroxylation sites is 1. The van der Waals surface area contributed by atoms with Crippen LogP contribution in [0, 0.1) is 0 Å². The highest BCUT2D eigenvalue weighted by Crippen LogP contribution is 2.32. The van der Waals surface area contributed by atoms with Crippen LogP contribution in [0.3, 0.4) is 0 Å². The van der Waals surface area contributed by atoms with E-state index in [9.17, 15) is 18.0 Å². The fourth-order valence-corrected chi connectivity index (χ4v) is 2.97. The van der Waals surface area contributed by atoms with Crippen molar-refractivity contribution in [3.8, 4) is 0 Å². The predicted molar refractivity (Wildman–Crippen MR) is 77.5 cm³/mol. The third-order valence-electron chi connectivity index (χ3n) is 3.40. The molecule has 7 heteroatoms. The molecule has 0 saturated carbocycles. The maximum absolute atomic E-state index is 12.3. The van der Waals surface area contributed by atoms with Gasteiger partial charge in [-0.25, -0.2) is 0 Å². The number of carbonyl (C=O) groups excluding carboxylic acids is 1. The lowest BCUT2D eigenvalue weighted by atomic mass is 9.99. The van der Waals surface area contributed by atoms with E-state index in [0.717, 1.165) is 19.4 Å². The highest BCUT2D eigenvalue weighted by molar-refractivity contribution is 7.99. The van der Waals surface area contributed by atoms with E-state index in [-0.39, 0.29) is 5.91 Å². The SMILES string of the molecule is CC1(C(=O)Nc2ccccc2SCC(F)(F)F)CCCN1. The molecule has 1 aromatic rings. The van der Waals surface area contributed by atoms with Crippen molar-refractivity contribution in [3.63, 3.8) is 0 Å². The number of amides is 1. The van der Waals surface area contributed by atoms with Crippen LogP contribution in [0.5, 0.6) is 0 Å². The zero-order valence-corrected chi connectivity index (χ0v) is 12.4.